The van der Waals surface area contributed by atoms with Crippen LogP contribution in [0.5, 0.6) is 11.5 Å². The molecule has 0 atom stereocenters. The van der Waals surface area contributed by atoms with E-state index in [2.05, 4.69) is 0 Å². The summed E-state index contributed by atoms with van der Waals surface area (Å²) >= 11 is 0. The maximum atomic E-state index is 10.5. The molecule has 0 aromatic heterocycles. The second-order valence-corrected chi connectivity index (χ2v) is 4.01. The number of aromatic hydroxyl groups is 1. The fourth-order valence-electron chi connectivity index (χ4n) is 1.66. The van der Waals surface area contributed by atoms with Gasteiger partial charge in [-0.1, -0.05) is 6.92 Å². The van der Waals surface area contributed by atoms with Crippen molar-refractivity contribution in [2.75, 3.05) is 20.2 Å². The fraction of sp³-hybridized carbons (Fsp3) is 0.462. The summed E-state index contributed by atoms with van der Waals surface area (Å²) < 4.78 is 5.10. The Morgan fingerprint density at radius 2 is 2.17 bits per heavy atom. The van der Waals surface area contributed by atoms with E-state index >= 15 is 0 Å². The van der Waals surface area contributed by atoms with Crippen LogP contribution in [0.3, 0.4) is 0 Å². The molecule has 5 heteroatoms. The number of carbonyl (C=O) groups is 1. The van der Waals surface area contributed by atoms with Crippen molar-refractivity contribution in [2.24, 2.45) is 0 Å². The molecule has 0 aliphatic carbocycles. The number of rotatable bonds is 7. The lowest BCUT2D eigenvalue weighted by molar-refractivity contribution is -0.137. The molecule has 1 aromatic rings. The molecule has 0 amide bonds. The quantitative estimate of drug-likeness (QED) is 0.774. The van der Waals surface area contributed by atoms with Crippen molar-refractivity contribution < 1.29 is 19.7 Å². The van der Waals surface area contributed by atoms with Crippen LogP contribution in [-0.4, -0.2) is 41.3 Å². The first kappa shape index (κ1) is 14.3. The minimum atomic E-state index is -0.816. The molecule has 0 saturated heterocycles. The Morgan fingerprint density at radius 3 is 2.72 bits per heavy atom. The molecule has 1 rings (SSSR count). The van der Waals surface area contributed by atoms with Crippen LogP contribution in [0.25, 0.3) is 0 Å². The van der Waals surface area contributed by atoms with E-state index in [9.17, 15) is 9.90 Å². The Bertz CT molecular complexity index is 406. The van der Waals surface area contributed by atoms with Gasteiger partial charge in [-0.05, 0) is 24.7 Å². The summed E-state index contributed by atoms with van der Waals surface area (Å²) in [5.74, 6) is 0.0602. The molecule has 0 fully saturated rings. The Kier molecular flexibility index (Phi) is 5.45. The molecule has 100 valence electrons. The zero-order valence-electron chi connectivity index (χ0n) is 10.7. The lowest BCUT2D eigenvalue weighted by atomic mass is 10.1. The zero-order chi connectivity index (χ0) is 13.5. The van der Waals surface area contributed by atoms with Crippen LogP contribution in [0.15, 0.2) is 18.2 Å². The zero-order valence-corrected chi connectivity index (χ0v) is 10.7. The number of methoxy groups -OCH3 is 1. The molecule has 5 nitrogen and oxygen atoms in total. The van der Waals surface area contributed by atoms with E-state index < -0.39 is 5.97 Å². The lowest BCUT2D eigenvalue weighted by Gasteiger charge is -2.20. The van der Waals surface area contributed by atoms with E-state index in [0.29, 0.717) is 18.8 Å². The van der Waals surface area contributed by atoms with Crippen LogP contribution in [0, 0.1) is 0 Å². The Morgan fingerprint density at radius 1 is 1.44 bits per heavy atom. The van der Waals surface area contributed by atoms with Gasteiger partial charge in [0.1, 0.15) is 11.5 Å². The third-order valence-electron chi connectivity index (χ3n) is 2.77. The van der Waals surface area contributed by atoms with Crippen LogP contribution >= 0.6 is 0 Å². The third-order valence-corrected chi connectivity index (χ3v) is 2.77. The number of phenolic OH excluding ortho intramolecular Hbond substituents is 1. The van der Waals surface area contributed by atoms with Gasteiger partial charge in [0.15, 0.2) is 0 Å². The van der Waals surface area contributed by atoms with Crippen molar-refractivity contribution in [3.63, 3.8) is 0 Å². The number of nitrogens with zero attached hydrogens (tertiary/aromatic N) is 1. The van der Waals surface area contributed by atoms with Gasteiger partial charge >= 0.3 is 5.97 Å². The predicted molar refractivity (Wildman–Crippen MR) is 67.9 cm³/mol. The number of ether oxygens (including phenoxy) is 1. The molecule has 0 radical (unpaired) electrons. The van der Waals surface area contributed by atoms with E-state index in [1.807, 2.05) is 11.8 Å². The maximum Gasteiger partial charge on any atom is 0.304 e. The van der Waals surface area contributed by atoms with Gasteiger partial charge in [-0.2, -0.15) is 0 Å². The lowest BCUT2D eigenvalue weighted by Crippen LogP contribution is -2.25. The predicted octanol–water partition coefficient (Wildman–Crippen LogP) is 1.70. The van der Waals surface area contributed by atoms with Crippen LogP contribution in [-0.2, 0) is 11.3 Å². The number of hydrogen-bond donors (Lipinski definition) is 2. The summed E-state index contributed by atoms with van der Waals surface area (Å²) in [7, 11) is 1.57. The highest BCUT2D eigenvalue weighted by Crippen LogP contribution is 2.24. The molecular formula is C13H19NO4. The summed E-state index contributed by atoms with van der Waals surface area (Å²) in [5, 5.41) is 18.4. The largest absolute Gasteiger partial charge is 0.508 e. The number of carboxylic acid groups (broad SMARTS) is 1. The summed E-state index contributed by atoms with van der Waals surface area (Å²) in [6.07, 6.45) is 0.0958. The highest BCUT2D eigenvalue weighted by molar-refractivity contribution is 5.66. The first-order valence-electron chi connectivity index (χ1n) is 5.86. The Hall–Kier alpha value is -1.75. The van der Waals surface area contributed by atoms with Crippen molar-refractivity contribution in [2.45, 2.75) is 19.9 Å². The smallest absolute Gasteiger partial charge is 0.304 e. The molecule has 0 unspecified atom stereocenters. The monoisotopic (exact) mass is 253 g/mol. The highest BCUT2D eigenvalue weighted by Gasteiger charge is 2.10. The summed E-state index contributed by atoms with van der Waals surface area (Å²) in [6, 6.07) is 5.03. The van der Waals surface area contributed by atoms with Gasteiger partial charge in [-0.15, -0.1) is 0 Å². The van der Waals surface area contributed by atoms with E-state index in [1.54, 1.807) is 25.3 Å². The third kappa shape index (κ3) is 4.25. The molecule has 0 bridgehead atoms. The summed E-state index contributed by atoms with van der Waals surface area (Å²) in [5.41, 5.74) is 0.738. The maximum absolute atomic E-state index is 10.5. The molecule has 0 spiro atoms. The van der Waals surface area contributed by atoms with Crippen molar-refractivity contribution in [1.82, 2.24) is 4.90 Å². The SMILES string of the molecule is CCN(CCC(=O)O)Cc1cc(OC)ccc1O. The summed E-state index contributed by atoms with van der Waals surface area (Å²) in [4.78, 5) is 12.5. The number of carboxylic acids is 1. The molecule has 0 aliphatic rings. The van der Waals surface area contributed by atoms with Gasteiger partial charge in [0.05, 0.1) is 13.5 Å². The van der Waals surface area contributed by atoms with Gasteiger partial charge < -0.3 is 14.9 Å². The van der Waals surface area contributed by atoms with Crippen LogP contribution in [0.4, 0.5) is 0 Å². The van der Waals surface area contributed by atoms with Crippen LogP contribution in [0.1, 0.15) is 18.9 Å². The highest BCUT2D eigenvalue weighted by atomic mass is 16.5. The van der Waals surface area contributed by atoms with Gasteiger partial charge in [0.25, 0.3) is 0 Å². The second-order valence-electron chi connectivity index (χ2n) is 4.01. The Balaban J connectivity index is 2.71. The standard InChI is InChI=1S/C13H19NO4/c1-3-14(7-6-13(16)17)9-10-8-11(18-2)4-5-12(10)15/h4-5,8,15H,3,6-7,9H2,1-2H3,(H,16,17). The van der Waals surface area contributed by atoms with Gasteiger partial charge in [0.2, 0.25) is 0 Å². The number of hydrogen-bond acceptors (Lipinski definition) is 4. The molecule has 2 N–H and O–H groups in total. The average Bonchev–Trinajstić information content (AvgIpc) is 2.36. The first-order valence-corrected chi connectivity index (χ1v) is 5.86. The van der Waals surface area contributed by atoms with Crippen molar-refractivity contribution in [3.8, 4) is 11.5 Å². The van der Waals surface area contributed by atoms with Gasteiger partial charge in [-0.25, -0.2) is 0 Å². The van der Waals surface area contributed by atoms with E-state index in [0.717, 1.165) is 12.1 Å². The molecule has 0 aliphatic heterocycles. The second kappa shape index (κ2) is 6.86. The van der Waals surface area contributed by atoms with Gasteiger partial charge in [0, 0.05) is 18.7 Å². The molecule has 0 saturated carbocycles. The van der Waals surface area contributed by atoms with Crippen LogP contribution < -0.4 is 4.74 Å². The van der Waals surface area contributed by atoms with E-state index in [4.69, 9.17) is 9.84 Å². The van der Waals surface area contributed by atoms with E-state index in [-0.39, 0.29) is 12.2 Å². The topological polar surface area (TPSA) is 70.0 Å². The average molecular weight is 253 g/mol. The van der Waals surface area contributed by atoms with Crippen molar-refractivity contribution >= 4 is 5.97 Å². The number of benzene rings is 1. The molecule has 1 aromatic carbocycles. The van der Waals surface area contributed by atoms with E-state index in [1.165, 1.54) is 0 Å². The molecular weight excluding hydrogens is 234 g/mol. The minimum Gasteiger partial charge on any atom is -0.508 e. The van der Waals surface area contributed by atoms with Crippen LogP contribution in [0.2, 0.25) is 0 Å². The first-order chi connectivity index (χ1) is 8.56. The number of aliphatic carboxylic acids is 1. The normalized spacial score (nSPS) is 10.6. The number of phenols is 1. The minimum absolute atomic E-state index is 0.0958. The summed E-state index contributed by atoms with van der Waals surface area (Å²) in [6.45, 7) is 3.65. The molecule has 18 heavy (non-hydrogen) atoms. The fourth-order valence-corrected chi connectivity index (χ4v) is 1.66. The van der Waals surface area contributed by atoms with Crippen molar-refractivity contribution in [1.29, 1.82) is 0 Å². The van der Waals surface area contributed by atoms with Gasteiger partial charge in [-0.3, -0.25) is 9.69 Å². The Labute approximate surface area is 107 Å². The van der Waals surface area contributed by atoms with Crippen molar-refractivity contribution in [3.05, 3.63) is 23.8 Å². The molecule has 0 heterocycles.